The monoisotopic (exact) mass is 422 g/mol. The molecule has 1 saturated heterocycles. The predicted octanol–water partition coefficient (Wildman–Crippen LogP) is 3.07. The number of benzene rings is 2. The molecule has 0 radical (unpaired) electrons. The van der Waals surface area contributed by atoms with Gasteiger partial charge in [-0.15, -0.1) is 0 Å². The normalized spacial score (nSPS) is 16.4. The van der Waals surface area contributed by atoms with Gasteiger partial charge in [-0.2, -0.15) is 8.61 Å². The summed E-state index contributed by atoms with van der Waals surface area (Å²) in [5.41, 5.74) is 0.900. The van der Waals surface area contributed by atoms with E-state index in [0.29, 0.717) is 19.6 Å². The molecule has 1 fully saturated rings. The van der Waals surface area contributed by atoms with Gasteiger partial charge in [0.15, 0.2) is 0 Å². The second kappa shape index (κ2) is 8.73. The maximum Gasteiger partial charge on any atom is 0.243 e. The maximum atomic E-state index is 13.0. The topological polar surface area (TPSA) is 74.8 Å². The highest BCUT2D eigenvalue weighted by Gasteiger charge is 2.28. The molecule has 0 saturated carbocycles. The van der Waals surface area contributed by atoms with Crippen LogP contribution < -0.4 is 0 Å². The number of nitrogens with zero attached hydrogens (tertiary/aromatic N) is 2. The molecule has 152 valence electrons. The summed E-state index contributed by atoms with van der Waals surface area (Å²) in [4.78, 5) is 0.238. The van der Waals surface area contributed by atoms with Crippen molar-refractivity contribution in [3.8, 4) is 0 Å². The minimum Gasteiger partial charge on any atom is -0.207 e. The van der Waals surface area contributed by atoms with E-state index >= 15 is 0 Å². The van der Waals surface area contributed by atoms with Crippen molar-refractivity contribution >= 4 is 20.0 Å². The fraction of sp³-hybridized carbons (Fsp3) is 0.400. The summed E-state index contributed by atoms with van der Waals surface area (Å²) in [6.45, 7) is 3.42. The first-order valence-electron chi connectivity index (χ1n) is 9.50. The molecule has 3 rings (SSSR count). The highest BCUT2D eigenvalue weighted by Crippen LogP contribution is 2.24. The summed E-state index contributed by atoms with van der Waals surface area (Å²) in [6, 6.07) is 15.0. The lowest BCUT2D eigenvalue weighted by atomic mass is 10.2. The van der Waals surface area contributed by atoms with Gasteiger partial charge in [0.25, 0.3) is 0 Å². The molecular weight excluding hydrogens is 396 g/mol. The van der Waals surface area contributed by atoms with Crippen LogP contribution in [0.1, 0.15) is 31.7 Å². The van der Waals surface area contributed by atoms with E-state index in [-0.39, 0.29) is 16.3 Å². The van der Waals surface area contributed by atoms with Crippen molar-refractivity contribution in [3.05, 3.63) is 60.2 Å². The van der Waals surface area contributed by atoms with E-state index in [1.54, 1.807) is 6.92 Å². The lowest BCUT2D eigenvalue weighted by Gasteiger charge is -2.26. The van der Waals surface area contributed by atoms with Crippen LogP contribution in [0.15, 0.2) is 64.4 Å². The third kappa shape index (κ3) is 4.46. The predicted molar refractivity (Wildman–Crippen MR) is 109 cm³/mol. The first-order valence-corrected chi connectivity index (χ1v) is 12.4. The summed E-state index contributed by atoms with van der Waals surface area (Å²) in [6.07, 6.45) is 2.75. The van der Waals surface area contributed by atoms with E-state index < -0.39 is 20.0 Å². The fourth-order valence-electron chi connectivity index (χ4n) is 3.34. The van der Waals surface area contributed by atoms with E-state index in [0.717, 1.165) is 24.8 Å². The molecule has 28 heavy (non-hydrogen) atoms. The lowest BCUT2D eigenvalue weighted by molar-refractivity contribution is 0.346. The zero-order valence-electron chi connectivity index (χ0n) is 16.0. The van der Waals surface area contributed by atoms with Crippen LogP contribution in [0.3, 0.4) is 0 Å². The summed E-state index contributed by atoms with van der Waals surface area (Å²) in [5, 5.41) is 0. The van der Waals surface area contributed by atoms with E-state index in [2.05, 4.69) is 0 Å². The molecule has 0 aromatic heterocycles. The number of hydrogen-bond acceptors (Lipinski definition) is 4. The van der Waals surface area contributed by atoms with Gasteiger partial charge in [0.05, 0.1) is 9.79 Å². The third-order valence-corrected chi connectivity index (χ3v) is 8.82. The van der Waals surface area contributed by atoms with Gasteiger partial charge in [-0.1, -0.05) is 43.7 Å². The van der Waals surface area contributed by atoms with Gasteiger partial charge in [-0.3, -0.25) is 0 Å². The second-order valence-electron chi connectivity index (χ2n) is 6.85. The van der Waals surface area contributed by atoms with Crippen molar-refractivity contribution in [2.24, 2.45) is 0 Å². The molecule has 0 atom stereocenters. The first kappa shape index (κ1) is 21.0. The highest BCUT2D eigenvalue weighted by molar-refractivity contribution is 7.89. The van der Waals surface area contributed by atoms with Gasteiger partial charge < -0.3 is 0 Å². The van der Waals surface area contributed by atoms with E-state index in [1.165, 1.54) is 32.9 Å². The summed E-state index contributed by atoms with van der Waals surface area (Å²) >= 11 is 0. The van der Waals surface area contributed by atoms with Crippen LogP contribution in [0, 0.1) is 0 Å². The molecule has 8 heteroatoms. The van der Waals surface area contributed by atoms with Gasteiger partial charge >= 0.3 is 0 Å². The van der Waals surface area contributed by atoms with Crippen LogP contribution >= 0.6 is 0 Å². The number of hydrogen-bond donors (Lipinski definition) is 0. The molecule has 0 aliphatic carbocycles. The summed E-state index contributed by atoms with van der Waals surface area (Å²) < 4.78 is 54.3. The quantitative estimate of drug-likeness (QED) is 0.687. The molecule has 1 aliphatic rings. The molecule has 0 unspecified atom stereocenters. The van der Waals surface area contributed by atoms with Gasteiger partial charge in [-0.25, -0.2) is 16.8 Å². The van der Waals surface area contributed by atoms with Crippen molar-refractivity contribution in [1.29, 1.82) is 0 Å². The Hall–Kier alpha value is -1.74. The highest BCUT2D eigenvalue weighted by atomic mass is 32.2. The molecule has 1 heterocycles. The van der Waals surface area contributed by atoms with Crippen LogP contribution in [0.5, 0.6) is 0 Å². The standard InChI is InChI=1S/C20H26N2O4S2/c1-2-21(17-18-9-5-3-6-10-18)27(23,24)19-11-13-20(14-12-19)28(25,26)22-15-7-4-8-16-22/h3,5-6,9-14H,2,4,7-8,15-17H2,1H3. The summed E-state index contributed by atoms with van der Waals surface area (Å²) in [7, 11) is -7.29. The molecule has 0 spiro atoms. The minimum absolute atomic E-state index is 0.0999. The number of sulfonamides is 2. The van der Waals surface area contributed by atoms with Crippen molar-refractivity contribution in [2.45, 2.75) is 42.5 Å². The zero-order valence-corrected chi connectivity index (χ0v) is 17.6. The molecule has 0 N–H and O–H groups in total. The Morgan fingerprint density at radius 1 is 0.821 bits per heavy atom. The third-order valence-electron chi connectivity index (χ3n) is 4.97. The van der Waals surface area contributed by atoms with Crippen molar-refractivity contribution in [1.82, 2.24) is 8.61 Å². The molecule has 0 bridgehead atoms. The lowest BCUT2D eigenvalue weighted by Crippen LogP contribution is -2.35. The minimum atomic E-state index is -3.71. The van der Waals surface area contributed by atoms with Crippen LogP contribution in [0.25, 0.3) is 0 Å². The average Bonchev–Trinajstić information content (AvgIpc) is 2.73. The van der Waals surface area contributed by atoms with E-state index in [1.807, 2.05) is 30.3 Å². The SMILES string of the molecule is CCN(Cc1ccccc1)S(=O)(=O)c1ccc(S(=O)(=O)N2CCCCC2)cc1. The van der Waals surface area contributed by atoms with Crippen molar-refractivity contribution < 1.29 is 16.8 Å². The molecular formula is C20H26N2O4S2. The average molecular weight is 423 g/mol. The van der Waals surface area contributed by atoms with Crippen LogP contribution in [-0.2, 0) is 26.6 Å². The molecule has 2 aromatic rings. The Morgan fingerprint density at radius 2 is 1.39 bits per heavy atom. The molecule has 0 amide bonds. The number of piperidine rings is 1. The smallest absolute Gasteiger partial charge is 0.207 e. The van der Waals surface area contributed by atoms with Crippen molar-refractivity contribution in [3.63, 3.8) is 0 Å². The summed E-state index contributed by atoms with van der Waals surface area (Å²) in [5.74, 6) is 0. The Kier molecular flexibility index (Phi) is 6.54. The van der Waals surface area contributed by atoms with Gasteiger partial charge in [0.2, 0.25) is 20.0 Å². The van der Waals surface area contributed by atoms with Gasteiger partial charge in [-0.05, 0) is 42.7 Å². The van der Waals surface area contributed by atoms with Crippen molar-refractivity contribution in [2.75, 3.05) is 19.6 Å². The molecule has 6 nitrogen and oxygen atoms in total. The van der Waals surface area contributed by atoms with Crippen LogP contribution in [0.4, 0.5) is 0 Å². The van der Waals surface area contributed by atoms with E-state index in [9.17, 15) is 16.8 Å². The van der Waals surface area contributed by atoms with Crippen LogP contribution in [0.2, 0.25) is 0 Å². The Balaban J connectivity index is 1.82. The van der Waals surface area contributed by atoms with Crippen LogP contribution in [-0.4, -0.2) is 45.1 Å². The largest absolute Gasteiger partial charge is 0.243 e. The maximum absolute atomic E-state index is 13.0. The second-order valence-corrected chi connectivity index (χ2v) is 10.7. The molecule has 2 aromatic carbocycles. The Labute approximate surface area is 167 Å². The van der Waals surface area contributed by atoms with E-state index in [4.69, 9.17) is 0 Å². The Bertz CT molecular complexity index is 982. The molecule has 1 aliphatic heterocycles. The van der Waals surface area contributed by atoms with Gasteiger partial charge in [0.1, 0.15) is 0 Å². The van der Waals surface area contributed by atoms with Gasteiger partial charge in [0, 0.05) is 26.2 Å². The fourth-order valence-corrected chi connectivity index (χ4v) is 6.29. The first-order chi connectivity index (χ1) is 13.4. The zero-order chi connectivity index (χ0) is 20.2. The number of rotatable bonds is 7. The Morgan fingerprint density at radius 3 is 1.96 bits per heavy atom.